The van der Waals surface area contributed by atoms with E-state index in [4.69, 9.17) is 0 Å². The molecule has 0 radical (unpaired) electrons. The third-order valence-electron chi connectivity index (χ3n) is 5.71. The highest BCUT2D eigenvalue weighted by molar-refractivity contribution is 5.83. The van der Waals surface area contributed by atoms with E-state index in [1.54, 1.807) is 0 Å². The number of amides is 1. The van der Waals surface area contributed by atoms with Crippen molar-refractivity contribution in [2.75, 3.05) is 13.7 Å². The van der Waals surface area contributed by atoms with Gasteiger partial charge in [-0.25, -0.2) is 0 Å². The summed E-state index contributed by atoms with van der Waals surface area (Å²) in [6.45, 7) is 4.55. The Morgan fingerprint density at radius 3 is 2.30 bits per heavy atom. The average Bonchev–Trinajstić information content (AvgIpc) is 2.86. The maximum absolute atomic E-state index is 12.8. The second-order valence-corrected chi connectivity index (χ2v) is 6.97. The molecule has 0 N–H and O–H groups in total. The average molecular weight is 279 g/mol. The maximum atomic E-state index is 12.8. The second kappa shape index (κ2) is 5.05. The van der Waals surface area contributed by atoms with Crippen LogP contribution in [0.1, 0.15) is 39.5 Å². The van der Waals surface area contributed by atoms with E-state index < -0.39 is 0 Å². The fourth-order valence-electron chi connectivity index (χ4n) is 4.78. The number of nitrogens with zero attached hydrogens (tertiary/aromatic N) is 1. The molecule has 0 heterocycles. The van der Waals surface area contributed by atoms with E-state index >= 15 is 0 Å². The van der Waals surface area contributed by atoms with Gasteiger partial charge in [0.15, 0.2) is 0 Å². The van der Waals surface area contributed by atoms with Crippen molar-refractivity contribution in [2.24, 2.45) is 29.6 Å². The van der Waals surface area contributed by atoms with Gasteiger partial charge in [-0.05, 0) is 56.8 Å². The van der Waals surface area contributed by atoms with Crippen LogP contribution in [0.3, 0.4) is 0 Å². The zero-order chi connectivity index (χ0) is 14.4. The molecule has 3 fully saturated rings. The number of fused-ring (bicyclic) bond motifs is 5. The molecule has 2 bridgehead atoms. The lowest BCUT2D eigenvalue weighted by molar-refractivity contribution is -0.142. The Labute approximate surface area is 120 Å². The number of carbonyl (C=O) groups is 2. The molecule has 0 aromatic rings. The van der Waals surface area contributed by atoms with Gasteiger partial charge < -0.3 is 9.64 Å². The molecule has 112 valence electrons. The molecular formula is C16H25NO3. The van der Waals surface area contributed by atoms with Crippen molar-refractivity contribution in [2.45, 2.75) is 45.6 Å². The second-order valence-electron chi connectivity index (χ2n) is 6.97. The minimum Gasteiger partial charge on any atom is -0.469 e. The van der Waals surface area contributed by atoms with Gasteiger partial charge in [0.25, 0.3) is 0 Å². The molecular weight excluding hydrogens is 254 g/mol. The SMILES string of the molecule is COC(=O)CCN(C(=O)C1C2C3CCC(C3)C12)C(C)C. The van der Waals surface area contributed by atoms with E-state index in [1.807, 2.05) is 18.7 Å². The summed E-state index contributed by atoms with van der Waals surface area (Å²) >= 11 is 0. The van der Waals surface area contributed by atoms with Gasteiger partial charge in [0.1, 0.15) is 0 Å². The molecule has 4 atom stereocenters. The van der Waals surface area contributed by atoms with Crippen molar-refractivity contribution in [1.29, 1.82) is 0 Å². The zero-order valence-corrected chi connectivity index (χ0v) is 12.7. The van der Waals surface area contributed by atoms with E-state index in [9.17, 15) is 9.59 Å². The fraction of sp³-hybridized carbons (Fsp3) is 0.875. The molecule has 4 heteroatoms. The van der Waals surface area contributed by atoms with Crippen molar-refractivity contribution < 1.29 is 14.3 Å². The van der Waals surface area contributed by atoms with Crippen LogP contribution in [0.4, 0.5) is 0 Å². The molecule has 3 rings (SSSR count). The monoisotopic (exact) mass is 279 g/mol. The number of ether oxygens (including phenoxy) is 1. The van der Waals surface area contributed by atoms with Crippen molar-refractivity contribution in [3.63, 3.8) is 0 Å². The molecule has 0 aromatic carbocycles. The van der Waals surface area contributed by atoms with Crippen LogP contribution in [-0.4, -0.2) is 36.5 Å². The number of hydrogen-bond donors (Lipinski definition) is 0. The summed E-state index contributed by atoms with van der Waals surface area (Å²) in [5.41, 5.74) is 0. The summed E-state index contributed by atoms with van der Waals surface area (Å²) in [5.74, 6) is 3.28. The van der Waals surface area contributed by atoms with Crippen LogP contribution in [0, 0.1) is 29.6 Å². The molecule has 0 saturated heterocycles. The van der Waals surface area contributed by atoms with Gasteiger partial charge in [-0.1, -0.05) is 0 Å². The van der Waals surface area contributed by atoms with Gasteiger partial charge >= 0.3 is 5.97 Å². The minimum absolute atomic E-state index is 0.158. The fourth-order valence-corrected chi connectivity index (χ4v) is 4.78. The molecule has 0 aromatic heterocycles. The molecule has 3 saturated carbocycles. The summed E-state index contributed by atoms with van der Waals surface area (Å²) in [6.07, 6.45) is 4.33. The highest BCUT2D eigenvalue weighted by Gasteiger charge is 2.68. The zero-order valence-electron chi connectivity index (χ0n) is 12.7. The van der Waals surface area contributed by atoms with Crippen molar-refractivity contribution in [3.8, 4) is 0 Å². The van der Waals surface area contributed by atoms with Gasteiger partial charge in [0.2, 0.25) is 5.91 Å². The first-order valence-electron chi connectivity index (χ1n) is 7.92. The van der Waals surface area contributed by atoms with Crippen molar-refractivity contribution in [1.82, 2.24) is 4.90 Å². The summed E-state index contributed by atoms with van der Waals surface area (Å²) in [5, 5.41) is 0. The quantitative estimate of drug-likeness (QED) is 0.724. The Morgan fingerprint density at radius 1 is 1.20 bits per heavy atom. The highest BCUT2D eigenvalue weighted by atomic mass is 16.5. The Bertz CT molecular complexity index is 404. The minimum atomic E-state index is -0.237. The van der Waals surface area contributed by atoms with E-state index in [0.29, 0.717) is 24.8 Å². The standard InChI is InChI=1S/C16H25NO3/c1-9(2)17(7-6-12(18)20-3)16(19)15-13-10-4-5-11(8-10)14(13)15/h9-11,13-15H,4-8H2,1-3H3. The van der Waals surface area contributed by atoms with Crippen molar-refractivity contribution >= 4 is 11.9 Å². The first-order chi connectivity index (χ1) is 9.54. The van der Waals surface area contributed by atoms with Crippen LogP contribution >= 0.6 is 0 Å². The van der Waals surface area contributed by atoms with Crippen LogP contribution in [0.5, 0.6) is 0 Å². The van der Waals surface area contributed by atoms with Crippen LogP contribution in [-0.2, 0) is 14.3 Å². The lowest BCUT2D eigenvalue weighted by atomic mass is 10.0. The molecule has 4 nitrogen and oxygen atoms in total. The largest absolute Gasteiger partial charge is 0.469 e. The number of carbonyl (C=O) groups excluding carboxylic acids is 2. The predicted octanol–water partition coefficient (Wildman–Crippen LogP) is 2.08. The molecule has 20 heavy (non-hydrogen) atoms. The smallest absolute Gasteiger partial charge is 0.307 e. The van der Waals surface area contributed by atoms with Crippen LogP contribution in [0.2, 0.25) is 0 Å². The van der Waals surface area contributed by atoms with E-state index in [1.165, 1.54) is 26.4 Å². The summed E-state index contributed by atoms with van der Waals surface area (Å²) in [6, 6.07) is 0.158. The van der Waals surface area contributed by atoms with Gasteiger partial charge in [0.05, 0.1) is 13.5 Å². The molecule has 1 amide bonds. The Hall–Kier alpha value is -1.06. The highest BCUT2D eigenvalue weighted by Crippen LogP contribution is 2.69. The Morgan fingerprint density at radius 2 is 1.80 bits per heavy atom. The molecule has 3 aliphatic carbocycles. The molecule has 4 unspecified atom stereocenters. The third-order valence-corrected chi connectivity index (χ3v) is 5.71. The topological polar surface area (TPSA) is 46.6 Å². The Balaban J connectivity index is 1.61. The van der Waals surface area contributed by atoms with Crippen LogP contribution in [0.15, 0.2) is 0 Å². The lowest BCUT2D eigenvalue weighted by Crippen LogP contribution is -2.40. The number of hydrogen-bond acceptors (Lipinski definition) is 3. The lowest BCUT2D eigenvalue weighted by Gasteiger charge is -2.27. The summed E-state index contributed by atoms with van der Waals surface area (Å²) in [7, 11) is 1.40. The number of rotatable bonds is 5. The van der Waals surface area contributed by atoms with Crippen LogP contribution < -0.4 is 0 Å². The first-order valence-corrected chi connectivity index (χ1v) is 7.92. The maximum Gasteiger partial charge on any atom is 0.307 e. The van der Waals surface area contributed by atoms with Gasteiger partial charge in [-0.2, -0.15) is 0 Å². The van der Waals surface area contributed by atoms with Crippen molar-refractivity contribution in [3.05, 3.63) is 0 Å². The summed E-state index contributed by atoms with van der Waals surface area (Å²) < 4.78 is 4.68. The normalized spacial score (nSPS) is 36.9. The predicted molar refractivity (Wildman–Crippen MR) is 74.8 cm³/mol. The van der Waals surface area contributed by atoms with E-state index in [0.717, 1.165) is 11.8 Å². The number of esters is 1. The first kappa shape index (κ1) is 13.9. The third kappa shape index (κ3) is 2.13. The molecule has 3 aliphatic rings. The van der Waals surface area contributed by atoms with Gasteiger partial charge in [0, 0.05) is 18.5 Å². The van der Waals surface area contributed by atoms with Crippen LogP contribution in [0.25, 0.3) is 0 Å². The summed E-state index contributed by atoms with van der Waals surface area (Å²) in [4.78, 5) is 25.9. The Kier molecular flexibility index (Phi) is 3.51. The van der Waals surface area contributed by atoms with E-state index in [-0.39, 0.29) is 23.8 Å². The van der Waals surface area contributed by atoms with Gasteiger partial charge in [-0.15, -0.1) is 0 Å². The molecule has 0 aliphatic heterocycles. The van der Waals surface area contributed by atoms with Gasteiger partial charge in [-0.3, -0.25) is 9.59 Å². The molecule has 0 spiro atoms. The number of methoxy groups -OCH3 is 1. The van der Waals surface area contributed by atoms with E-state index in [2.05, 4.69) is 4.74 Å².